The second-order valence-electron chi connectivity index (χ2n) is 5.41. The van der Waals surface area contributed by atoms with Crippen LogP contribution in [-0.2, 0) is 0 Å². The largest absolute Gasteiger partial charge is 0.403 e. The first-order valence-electron chi connectivity index (χ1n) is 5.78. The van der Waals surface area contributed by atoms with Crippen LogP contribution in [0.4, 0.5) is 0 Å². The standard InChI is InChI=1S/C13H26N2/c1-7-11(13(4,5)6)9-15-12(8-14)10(2)3/h8-11H,7,14H2,1-6H3/b12-8-,15-9-. The molecule has 0 amide bonds. The smallest absolute Gasteiger partial charge is 0.0579 e. The summed E-state index contributed by atoms with van der Waals surface area (Å²) in [6.45, 7) is 13.1. The molecule has 0 radical (unpaired) electrons. The topological polar surface area (TPSA) is 38.4 Å². The van der Waals surface area contributed by atoms with Crippen LogP contribution in [-0.4, -0.2) is 6.21 Å². The van der Waals surface area contributed by atoms with Gasteiger partial charge in [-0.25, -0.2) is 0 Å². The lowest BCUT2D eigenvalue weighted by molar-refractivity contribution is 0.310. The Hall–Kier alpha value is -0.790. The van der Waals surface area contributed by atoms with Crippen LogP contribution in [0.5, 0.6) is 0 Å². The number of allylic oxidation sites excluding steroid dienone is 1. The van der Waals surface area contributed by atoms with Gasteiger partial charge in [0.15, 0.2) is 0 Å². The molecule has 0 aliphatic rings. The summed E-state index contributed by atoms with van der Waals surface area (Å²) in [5.41, 5.74) is 6.78. The van der Waals surface area contributed by atoms with Crippen molar-refractivity contribution in [3.05, 3.63) is 11.9 Å². The third-order valence-corrected chi connectivity index (χ3v) is 2.72. The second-order valence-corrected chi connectivity index (χ2v) is 5.41. The van der Waals surface area contributed by atoms with Gasteiger partial charge in [0.05, 0.1) is 5.70 Å². The van der Waals surface area contributed by atoms with Gasteiger partial charge in [-0.3, -0.25) is 4.99 Å². The monoisotopic (exact) mass is 210 g/mol. The maximum absolute atomic E-state index is 5.53. The summed E-state index contributed by atoms with van der Waals surface area (Å²) >= 11 is 0. The normalized spacial score (nSPS) is 16.3. The first kappa shape index (κ1) is 14.2. The van der Waals surface area contributed by atoms with Gasteiger partial charge in [-0.2, -0.15) is 0 Å². The first-order valence-corrected chi connectivity index (χ1v) is 5.78. The lowest BCUT2D eigenvalue weighted by atomic mass is 9.80. The molecule has 0 aliphatic carbocycles. The molecule has 0 saturated heterocycles. The molecule has 1 atom stereocenters. The van der Waals surface area contributed by atoms with Crippen LogP contribution in [0.15, 0.2) is 16.9 Å². The molecular formula is C13H26N2. The van der Waals surface area contributed by atoms with E-state index in [1.807, 2.05) is 0 Å². The van der Waals surface area contributed by atoms with Crippen LogP contribution < -0.4 is 5.73 Å². The van der Waals surface area contributed by atoms with Crippen LogP contribution in [0.25, 0.3) is 0 Å². The lowest BCUT2D eigenvalue weighted by Gasteiger charge is -2.26. The quantitative estimate of drug-likeness (QED) is 0.708. The number of nitrogens with zero attached hydrogens (tertiary/aromatic N) is 1. The molecule has 0 aromatic carbocycles. The second kappa shape index (κ2) is 5.94. The molecule has 0 aromatic rings. The molecule has 0 bridgehead atoms. The van der Waals surface area contributed by atoms with Gasteiger partial charge in [0.1, 0.15) is 0 Å². The minimum absolute atomic E-state index is 0.273. The lowest BCUT2D eigenvalue weighted by Crippen LogP contribution is -2.21. The molecule has 0 fully saturated rings. The Labute approximate surface area is 94.7 Å². The summed E-state index contributed by atoms with van der Waals surface area (Å²) in [5, 5.41) is 0. The number of hydrogen-bond donors (Lipinski definition) is 1. The zero-order chi connectivity index (χ0) is 12.1. The molecule has 2 nitrogen and oxygen atoms in total. The molecular weight excluding hydrogens is 184 g/mol. The Kier molecular flexibility index (Phi) is 5.63. The van der Waals surface area contributed by atoms with Crippen LogP contribution in [0.2, 0.25) is 0 Å². The summed E-state index contributed by atoms with van der Waals surface area (Å²) in [6, 6.07) is 0. The van der Waals surface area contributed by atoms with Gasteiger partial charge in [-0.1, -0.05) is 41.5 Å². The van der Waals surface area contributed by atoms with Crippen molar-refractivity contribution in [2.45, 2.75) is 48.0 Å². The van der Waals surface area contributed by atoms with E-state index in [1.54, 1.807) is 6.20 Å². The highest BCUT2D eigenvalue weighted by atomic mass is 14.8. The van der Waals surface area contributed by atoms with Crippen molar-refractivity contribution in [3.63, 3.8) is 0 Å². The predicted octanol–water partition coefficient (Wildman–Crippen LogP) is 3.59. The van der Waals surface area contributed by atoms with Gasteiger partial charge in [-0.15, -0.1) is 0 Å². The van der Waals surface area contributed by atoms with E-state index in [0.29, 0.717) is 11.8 Å². The predicted molar refractivity (Wildman–Crippen MR) is 68.8 cm³/mol. The van der Waals surface area contributed by atoms with Crippen molar-refractivity contribution in [1.29, 1.82) is 0 Å². The Morgan fingerprint density at radius 2 is 1.87 bits per heavy atom. The Morgan fingerprint density at radius 1 is 1.33 bits per heavy atom. The summed E-state index contributed by atoms with van der Waals surface area (Å²) in [7, 11) is 0. The number of aliphatic imine (C=N–C) groups is 1. The van der Waals surface area contributed by atoms with Crippen molar-refractivity contribution < 1.29 is 0 Å². The minimum atomic E-state index is 0.273. The maximum Gasteiger partial charge on any atom is 0.0579 e. The summed E-state index contributed by atoms with van der Waals surface area (Å²) in [6.07, 6.45) is 4.78. The maximum atomic E-state index is 5.53. The van der Waals surface area contributed by atoms with E-state index in [9.17, 15) is 0 Å². The Morgan fingerprint density at radius 3 is 2.13 bits per heavy atom. The van der Waals surface area contributed by atoms with E-state index in [-0.39, 0.29) is 5.41 Å². The molecule has 0 heterocycles. The molecule has 0 aromatic heterocycles. The number of nitrogens with two attached hydrogens (primary N) is 1. The van der Waals surface area contributed by atoms with Crippen LogP contribution in [0.3, 0.4) is 0 Å². The van der Waals surface area contributed by atoms with Gasteiger partial charge < -0.3 is 5.73 Å². The zero-order valence-electron chi connectivity index (χ0n) is 11.0. The third-order valence-electron chi connectivity index (χ3n) is 2.72. The van der Waals surface area contributed by atoms with Crippen molar-refractivity contribution in [3.8, 4) is 0 Å². The molecule has 2 N–H and O–H groups in total. The number of hydrogen-bond acceptors (Lipinski definition) is 2. The molecule has 0 rings (SSSR count). The molecule has 15 heavy (non-hydrogen) atoms. The van der Waals surface area contributed by atoms with Gasteiger partial charge >= 0.3 is 0 Å². The molecule has 2 heteroatoms. The number of rotatable bonds is 4. The van der Waals surface area contributed by atoms with Gasteiger partial charge in [-0.05, 0) is 23.7 Å². The van der Waals surface area contributed by atoms with Gasteiger partial charge in [0.25, 0.3) is 0 Å². The fourth-order valence-electron chi connectivity index (χ4n) is 1.50. The van der Waals surface area contributed by atoms with Crippen molar-refractivity contribution in [2.24, 2.45) is 28.0 Å². The molecule has 1 unspecified atom stereocenters. The minimum Gasteiger partial charge on any atom is -0.403 e. The van der Waals surface area contributed by atoms with E-state index in [2.05, 4.69) is 52.7 Å². The Balaban J connectivity index is 4.62. The van der Waals surface area contributed by atoms with E-state index in [0.717, 1.165) is 12.1 Å². The van der Waals surface area contributed by atoms with Crippen molar-refractivity contribution in [1.82, 2.24) is 0 Å². The van der Waals surface area contributed by atoms with Crippen molar-refractivity contribution in [2.75, 3.05) is 0 Å². The van der Waals surface area contributed by atoms with E-state index >= 15 is 0 Å². The summed E-state index contributed by atoms with van der Waals surface area (Å²) in [4.78, 5) is 4.49. The third kappa shape index (κ3) is 5.01. The van der Waals surface area contributed by atoms with Crippen LogP contribution >= 0.6 is 0 Å². The fourth-order valence-corrected chi connectivity index (χ4v) is 1.50. The van der Waals surface area contributed by atoms with Gasteiger partial charge in [0, 0.05) is 12.4 Å². The molecule has 88 valence electrons. The average Bonchev–Trinajstić information content (AvgIpc) is 2.09. The zero-order valence-corrected chi connectivity index (χ0v) is 11.0. The van der Waals surface area contributed by atoms with E-state index in [4.69, 9.17) is 5.73 Å². The molecule has 0 aliphatic heterocycles. The Bertz CT molecular complexity index is 231. The van der Waals surface area contributed by atoms with E-state index in [1.165, 1.54) is 0 Å². The summed E-state index contributed by atoms with van der Waals surface area (Å²) in [5.74, 6) is 0.898. The molecule has 0 saturated carbocycles. The van der Waals surface area contributed by atoms with Gasteiger partial charge in [0.2, 0.25) is 0 Å². The highest BCUT2D eigenvalue weighted by Crippen LogP contribution is 2.27. The fraction of sp³-hybridized carbons (Fsp3) is 0.769. The van der Waals surface area contributed by atoms with Crippen LogP contribution in [0.1, 0.15) is 48.0 Å². The first-order chi connectivity index (χ1) is 6.82. The molecule has 0 spiro atoms. The highest BCUT2D eigenvalue weighted by molar-refractivity contribution is 5.63. The van der Waals surface area contributed by atoms with Crippen LogP contribution in [0, 0.1) is 17.3 Å². The average molecular weight is 210 g/mol. The highest BCUT2D eigenvalue weighted by Gasteiger charge is 2.20. The van der Waals surface area contributed by atoms with Crippen molar-refractivity contribution >= 4 is 6.21 Å². The summed E-state index contributed by atoms with van der Waals surface area (Å²) < 4.78 is 0. The SMILES string of the molecule is CCC(/C=N\C(=C/N)C(C)C)C(C)(C)C. The van der Waals surface area contributed by atoms with E-state index < -0.39 is 0 Å².